The van der Waals surface area contributed by atoms with Gasteiger partial charge in [-0.05, 0) is 98.8 Å². The third-order valence-corrected chi connectivity index (χ3v) is 8.79. The third kappa shape index (κ3) is 9.04. The molecule has 4 aromatic carbocycles. The monoisotopic (exact) mass is 659 g/mol. The number of carboxylic acid groups (broad SMARTS) is 1. The molecule has 248 valence electrons. The van der Waals surface area contributed by atoms with Crippen molar-refractivity contribution < 1.29 is 32.6 Å². The second kappa shape index (κ2) is 14.6. The number of sulfonamides is 1. The summed E-state index contributed by atoms with van der Waals surface area (Å²) in [6.45, 7) is 10.1. The normalized spacial score (nSPS) is 11.4. The van der Waals surface area contributed by atoms with Gasteiger partial charge in [-0.15, -0.1) is 0 Å². The fraction of sp³-hybridized carbons (Fsp3) is 0.278. The Morgan fingerprint density at radius 3 is 2.26 bits per heavy atom. The van der Waals surface area contributed by atoms with E-state index >= 15 is 0 Å². The summed E-state index contributed by atoms with van der Waals surface area (Å²) < 4.78 is 41.4. The standard InChI is InChI=1S/C36H41N3O7S/c1-24-20-32(45-6)33(22-31(24)29-16-11-17-30(25(29)2)34(40)41)47(43,44)38-27-14-10-15-28(21-27)39(23-26-12-8-7-9-13-26)19-18-37-35(42)46-36(3,4)5/h7-17,20-22,38H,18-19,23H2,1-6H3,(H,37,42)(H,40,41). The zero-order valence-corrected chi connectivity index (χ0v) is 28.3. The first-order valence-corrected chi connectivity index (χ1v) is 16.6. The van der Waals surface area contributed by atoms with Crippen molar-refractivity contribution in [1.82, 2.24) is 5.32 Å². The topological polar surface area (TPSA) is 134 Å². The summed E-state index contributed by atoms with van der Waals surface area (Å²) in [4.78, 5) is 26.0. The molecule has 10 nitrogen and oxygen atoms in total. The van der Waals surface area contributed by atoms with Crippen LogP contribution in [0, 0.1) is 13.8 Å². The molecule has 0 spiro atoms. The molecule has 0 atom stereocenters. The van der Waals surface area contributed by atoms with Gasteiger partial charge in [0.05, 0.1) is 18.4 Å². The van der Waals surface area contributed by atoms with Crippen LogP contribution in [-0.2, 0) is 21.3 Å². The maximum atomic E-state index is 13.9. The first kappa shape index (κ1) is 34.8. The Hall–Kier alpha value is -5.03. The summed E-state index contributed by atoms with van der Waals surface area (Å²) in [5.74, 6) is -0.910. The first-order chi connectivity index (χ1) is 22.2. The van der Waals surface area contributed by atoms with Gasteiger partial charge in [-0.3, -0.25) is 4.72 Å². The lowest BCUT2D eigenvalue weighted by Crippen LogP contribution is -2.38. The molecule has 0 aliphatic rings. The summed E-state index contributed by atoms with van der Waals surface area (Å²) in [6.07, 6.45) is -0.519. The average molecular weight is 660 g/mol. The molecular formula is C36H41N3O7S. The van der Waals surface area contributed by atoms with Crippen molar-refractivity contribution in [3.05, 3.63) is 107 Å². The van der Waals surface area contributed by atoms with Crippen molar-refractivity contribution >= 4 is 33.5 Å². The van der Waals surface area contributed by atoms with Crippen molar-refractivity contribution in [2.45, 2.75) is 51.7 Å². The molecule has 11 heteroatoms. The van der Waals surface area contributed by atoms with Crippen LogP contribution in [0.2, 0.25) is 0 Å². The minimum absolute atomic E-state index is 0.0890. The minimum Gasteiger partial charge on any atom is -0.495 e. The van der Waals surface area contributed by atoms with Gasteiger partial charge in [0.1, 0.15) is 16.2 Å². The second-order valence-electron chi connectivity index (χ2n) is 12.1. The van der Waals surface area contributed by atoms with Crippen LogP contribution in [0.5, 0.6) is 5.75 Å². The highest BCUT2D eigenvalue weighted by Gasteiger charge is 2.24. The molecule has 0 aliphatic heterocycles. The number of ether oxygens (including phenoxy) is 2. The second-order valence-corrected chi connectivity index (χ2v) is 13.7. The van der Waals surface area contributed by atoms with Crippen LogP contribution >= 0.6 is 0 Å². The number of carbonyl (C=O) groups excluding carboxylic acids is 1. The van der Waals surface area contributed by atoms with Gasteiger partial charge in [0.15, 0.2) is 0 Å². The van der Waals surface area contributed by atoms with E-state index in [-0.39, 0.29) is 16.2 Å². The fourth-order valence-electron chi connectivity index (χ4n) is 5.17. The van der Waals surface area contributed by atoms with Gasteiger partial charge >= 0.3 is 12.1 Å². The van der Waals surface area contributed by atoms with E-state index in [1.54, 1.807) is 64.1 Å². The van der Waals surface area contributed by atoms with Crippen molar-refractivity contribution in [3.63, 3.8) is 0 Å². The number of anilines is 2. The highest BCUT2D eigenvalue weighted by molar-refractivity contribution is 7.92. The van der Waals surface area contributed by atoms with E-state index in [4.69, 9.17) is 9.47 Å². The minimum atomic E-state index is -4.17. The molecule has 0 unspecified atom stereocenters. The van der Waals surface area contributed by atoms with Gasteiger partial charge < -0.3 is 24.8 Å². The SMILES string of the molecule is COc1cc(C)c(-c2cccc(C(=O)O)c2C)cc1S(=O)(=O)Nc1cccc(N(CCNC(=O)OC(C)(C)C)Cc2ccccc2)c1. The lowest BCUT2D eigenvalue weighted by Gasteiger charge is -2.26. The van der Waals surface area contributed by atoms with Crippen LogP contribution in [0.4, 0.5) is 16.2 Å². The Balaban J connectivity index is 1.65. The molecule has 4 rings (SSSR count). The number of rotatable bonds is 12. The zero-order valence-electron chi connectivity index (χ0n) is 27.5. The number of benzene rings is 4. The molecule has 0 saturated heterocycles. The number of hydrogen-bond acceptors (Lipinski definition) is 7. The number of nitrogens with one attached hydrogen (secondary N) is 2. The number of carbonyl (C=O) groups is 2. The van der Waals surface area contributed by atoms with Gasteiger partial charge in [0.25, 0.3) is 10.0 Å². The predicted molar refractivity (Wildman–Crippen MR) is 184 cm³/mol. The molecular weight excluding hydrogens is 618 g/mol. The molecule has 47 heavy (non-hydrogen) atoms. The number of amides is 1. The van der Waals surface area contributed by atoms with Crippen LogP contribution in [0.3, 0.4) is 0 Å². The number of nitrogens with zero attached hydrogens (tertiary/aromatic N) is 1. The van der Waals surface area contributed by atoms with Gasteiger partial charge in [0, 0.05) is 25.3 Å². The Morgan fingerprint density at radius 2 is 1.60 bits per heavy atom. The summed E-state index contributed by atoms with van der Waals surface area (Å²) in [5, 5.41) is 12.4. The van der Waals surface area contributed by atoms with E-state index in [0.29, 0.717) is 42.0 Å². The lowest BCUT2D eigenvalue weighted by molar-refractivity contribution is 0.0528. The molecule has 1 amide bonds. The van der Waals surface area contributed by atoms with Crippen LogP contribution in [0.25, 0.3) is 11.1 Å². The summed E-state index contributed by atoms with van der Waals surface area (Å²) >= 11 is 0. The van der Waals surface area contributed by atoms with Gasteiger partial charge in [-0.25, -0.2) is 18.0 Å². The largest absolute Gasteiger partial charge is 0.495 e. The Kier molecular flexibility index (Phi) is 10.8. The molecule has 4 aromatic rings. The first-order valence-electron chi connectivity index (χ1n) is 15.1. The summed E-state index contributed by atoms with van der Waals surface area (Å²) in [6, 6.07) is 24.9. The summed E-state index contributed by atoms with van der Waals surface area (Å²) in [7, 11) is -2.77. The molecule has 0 fully saturated rings. The van der Waals surface area contributed by atoms with Gasteiger partial charge in [-0.1, -0.05) is 48.5 Å². The molecule has 0 bridgehead atoms. The van der Waals surface area contributed by atoms with Crippen molar-refractivity contribution in [1.29, 1.82) is 0 Å². The van der Waals surface area contributed by atoms with Crippen molar-refractivity contribution in [2.24, 2.45) is 0 Å². The van der Waals surface area contributed by atoms with E-state index in [9.17, 15) is 23.1 Å². The lowest BCUT2D eigenvalue weighted by atomic mass is 9.93. The predicted octanol–water partition coefficient (Wildman–Crippen LogP) is 7.01. The quantitative estimate of drug-likeness (QED) is 0.148. The van der Waals surface area contributed by atoms with E-state index in [1.165, 1.54) is 19.2 Å². The highest BCUT2D eigenvalue weighted by atomic mass is 32.2. The number of carboxylic acids is 1. The zero-order chi connectivity index (χ0) is 34.4. The fourth-order valence-corrected chi connectivity index (χ4v) is 6.39. The maximum Gasteiger partial charge on any atom is 0.407 e. The molecule has 0 aliphatic carbocycles. The van der Waals surface area contributed by atoms with Crippen molar-refractivity contribution in [3.8, 4) is 16.9 Å². The van der Waals surface area contributed by atoms with Gasteiger partial charge in [-0.2, -0.15) is 0 Å². The highest BCUT2D eigenvalue weighted by Crippen LogP contribution is 2.36. The molecule has 3 N–H and O–H groups in total. The van der Waals surface area contributed by atoms with E-state index < -0.39 is 27.7 Å². The Bertz CT molecular complexity index is 1850. The maximum absolute atomic E-state index is 13.9. The van der Waals surface area contributed by atoms with Crippen LogP contribution in [-0.4, -0.2) is 51.4 Å². The number of methoxy groups -OCH3 is 1. The van der Waals surface area contributed by atoms with Crippen LogP contribution < -0.4 is 19.7 Å². The smallest absolute Gasteiger partial charge is 0.407 e. The number of hydrogen-bond donors (Lipinski definition) is 3. The number of aromatic carboxylic acids is 1. The molecule has 0 heterocycles. The van der Waals surface area contributed by atoms with E-state index in [2.05, 4.69) is 10.0 Å². The Morgan fingerprint density at radius 1 is 0.894 bits per heavy atom. The van der Waals surface area contributed by atoms with Crippen LogP contribution in [0.15, 0.2) is 89.8 Å². The molecule has 0 radical (unpaired) electrons. The van der Waals surface area contributed by atoms with Crippen LogP contribution in [0.1, 0.15) is 47.8 Å². The molecule has 0 saturated carbocycles. The third-order valence-electron chi connectivity index (χ3n) is 7.38. The number of aryl methyl sites for hydroxylation is 1. The Labute approximate surface area is 276 Å². The average Bonchev–Trinajstić information content (AvgIpc) is 3.00. The van der Waals surface area contributed by atoms with Crippen molar-refractivity contribution in [2.75, 3.05) is 29.8 Å². The summed E-state index contributed by atoms with van der Waals surface area (Å²) in [5.41, 5.74) is 4.05. The van der Waals surface area contributed by atoms with E-state index in [1.807, 2.05) is 48.2 Å². The van der Waals surface area contributed by atoms with E-state index in [0.717, 1.165) is 16.8 Å². The molecule has 0 aromatic heterocycles. The number of alkyl carbamates (subject to hydrolysis) is 1. The van der Waals surface area contributed by atoms with Gasteiger partial charge in [0.2, 0.25) is 0 Å².